The van der Waals surface area contributed by atoms with Crippen LogP contribution >= 0.6 is 11.6 Å². The molecular weight excluding hydrogens is 304 g/mol. The number of imide groups is 1. The lowest BCUT2D eigenvalue weighted by atomic mass is 10.4. The molecule has 2 rings (SSSR count). The summed E-state index contributed by atoms with van der Waals surface area (Å²) in [6.07, 6.45) is 0.576. The van der Waals surface area contributed by atoms with Crippen LogP contribution < -0.4 is 0 Å². The first-order valence-electron chi connectivity index (χ1n) is 6.00. The van der Waals surface area contributed by atoms with Crippen molar-refractivity contribution in [2.24, 2.45) is 0 Å². The quantitative estimate of drug-likeness (QED) is 0.792. The predicted octanol–water partition coefficient (Wildman–Crippen LogP) is 1.70. The molecule has 0 spiro atoms. The number of nitrogens with zero attached hydrogens (tertiary/aromatic N) is 2. The highest BCUT2D eigenvalue weighted by atomic mass is 35.5. The second-order valence-corrected chi connectivity index (χ2v) is 6.59. The van der Waals surface area contributed by atoms with E-state index in [1.807, 2.05) is 0 Å². The summed E-state index contributed by atoms with van der Waals surface area (Å²) >= 11 is 5.70. The van der Waals surface area contributed by atoms with Gasteiger partial charge in [-0.15, -0.1) is 0 Å². The maximum atomic E-state index is 12.3. The molecule has 108 valence electrons. The minimum atomic E-state index is -4.03. The second kappa shape index (κ2) is 5.41. The van der Waals surface area contributed by atoms with Gasteiger partial charge in [0, 0.05) is 11.6 Å². The van der Waals surface area contributed by atoms with Gasteiger partial charge in [0.1, 0.15) is 6.54 Å². The molecule has 1 fully saturated rings. The molecule has 1 saturated heterocycles. The maximum absolute atomic E-state index is 12.3. The van der Waals surface area contributed by atoms with Crippen LogP contribution in [-0.4, -0.2) is 42.7 Å². The summed E-state index contributed by atoms with van der Waals surface area (Å²) in [4.78, 5) is 24.6. The molecule has 20 heavy (non-hydrogen) atoms. The van der Waals surface area contributed by atoms with E-state index in [1.165, 1.54) is 24.3 Å². The molecular formula is C12H13ClN2O4S. The molecule has 6 nitrogen and oxygen atoms in total. The fraction of sp³-hybridized carbons (Fsp3) is 0.333. The number of benzene rings is 1. The summed E-state index contributed by atoms with van der Waals surface area (Å²) in [5.41, 5.74) is 0. The van der Waals surface area contributed by atoms with Gasteiger partial charge in [-0.3, -0.25) is 9.69 Å². The third-order valence-electron chi connectivity index (χ3n) is 2.87. The summed E-state index contributed by atoms with van der Waals surface area (Å²) in [7, 11) is -4.03. The fourth-order valence-electron chi connectivity index (χ4n) is 1.88. The first-order valence-corrected chi connectivity index (χ1v) is 7.82. The number of urea groups is 1. The van der Waals surface area contributed by atoms with Crippen molar-refractivity contribution in [3.63, 3.8) is 0 Å². The van der Waals surface area contributed by atoms with Crippen molar-refractivity contribution >= 4 is 33.6 Å². The molecule has 0 saturated carbocycles. The average Bonchev–Trinajstić information content (AvgIpc) is 2.68. The molecule has 1 aromatic rings. The van der Waals surface area contributed by atoms with Crippen molar-refractivity contribution in [2.45, 2.75) is 18.2 Å². The lowest BCUT2D eigenvalue weighted by molar-refractivity contribution is -0.125. The van der Waals surface area contributed by atoms with E-state index < -0.39 is 28.5 Å². The summed E-state index contributed by atoms with van der Waals surface area (Å²) in [6, 6.07) is 4.64. The Bertz CT molecular complexity index is 642. The highest BCUT2D eigenvalue weighted by Gasteiger charge is 2.42. The average molecular weight is 317 g/mol. The topological polar surface area (TPSA) is 74.8 Å². The molecule has 0 atom stereocenters. The van der Waals surface area contributed by atoms with Gasteiger partial charge in [-0.1, -0.05) is 18.5 Å². The van der Waals surface area contributed by atoms with E-state index in [9.17, 15) is 18.0 Å². The Kier molecular flexibility index (Phi) is 4.01. The Morgan fingerprint density at radius 3 is 2.35 bits per heavy atom. The van der Waals surface area contributed by atoms with Crippen molar-refractivity contribution in [2.75, 3.05) is 13.1 Å². The number of sulfonamides is 1. The molecule has 8 heteroatoms. The number of hydrogen-bond donors (Lipinski definition) is 0. The molecule has 0 bridgehead atoms. The van der Waals surface area contributed by atoms with Crippen LogP contribution in [0.1, 0.15) is 13.3 Å². The van der Waals surface area contributed by atoms with E-state index in [0.717, 1.165) is 4.90 Å². The van der Waals surface area contributed by atoms with E-state index in [-0.39, 0.29) is 11.4 Å². The first kappa shape index (κ1) is 14.8. The van der Waals surface area contributed by atoms with Crippen LogP contribution in [0.4, 0.5) is 4.79 Å². The predicted molar refractivity (Wildman–Crippen MR) is 72.7 cm³/mol. The van der Waals surface area contributed by atoms with Crippen LogP contribution in [0.5, 0.6) is 0 Å². The van der Waals surface area contributed by atoms with E-state index in [0.29, 0.717) is 15.7 Å². The summed E-state index contributed by atoms with van der Waals surface area (Å²) in [5, 5.41) is 0.389. The van der Waals surface area contributed by atoms with Crippen molar-refractivity contribution in [1.82, 2.24) is 9.21 Å². The molecule has 1 aliphatic rings. The summed E-state index contributed by atoms with van der Waals surface area (Å²) in [5.74, 6) is -0.505. The molecule has 0 radical (unpaired) electrons. The van der Waals surface area contributed by atoms with Crippen LogP contribution in [0, 0.1) is 0 Å². The van der Waals surface area contributed by atoms with Crippen molar-refractivity contribution < 1.29 is 18.0 Å². The largest absolute Gasteiger partial charge is 0.341 e. The van der Waals surface area contributed by atoms with Gasteiger partial charge in [-0.25, -0.2) is 17.5 Å². The summed E-state index contributed by atoms with van der Waals surface area (Å²) < 4.78 is 25.3. The SMILES string of the molecule is CCCN1C(=O)CN(S(=O)(=O)c2ccc(Cl)cc2)C1=O. The smallest absolute Gasteiger partial charge is 0.272 e. The standard InChI is InChI=1S/C12H13ClN2O4S/c1-2-7-14-11(16)8-15(12(14)17)20(18,19)10-5-3-9(13)4-6-10/h3-6H,2,7-8H2,1H3. The fourth-order valence-corrected chi connectivity index (χ4v) is 3.33. The monoisotopic (exact) mass is 316 g/mol. The molecule has 1 heterocycles. The van der Waals surface area contributed by atoms with Crippen molar-refractivity contribution in [3.05, 3.63) is 29.3 Å². The number of halogens is 1. The number of carbonyl (C=O) groups excluding carboxylic acids is 2. The third-order valence-corrected chi connectivity index (χ3v) is 4.86. The first-order chi connectivity index (χ1) is 9.37. The van der Waals surface area contributed by atoms with Gasteiger partial charge in [-0.2, -0.15) is 0 Å². The van der Waals surface area contributed by atoms with Gasteiger partial charge >= 0.3 is 6.03 Å². The maximum Gasteiger partial charge on any atom is 0.341 e. The zero-order chi connectivity index (χ0) is 14.9. The minimum Gasteiger partial charge on any atom is -0.272 e. The van der Waals surface area contributed by atoms with Crippen molar-refractivity contribution in [3.8, 4) is 0 Å². The van der Waals surface area contributed by atoms with Crippen LogP contribution in [0.2, 0.25) is 5.02 Å². The second-order valence-electron chi connectivity index (χ2n) is 4.29. The van der Waals surface area contributed by atoms with Crippen LogP contribution in [-0.2, 0) is 14.8 Å². The molecule has 0 aromatic heterocycles. The van der Waals surface area contributed by atoms with Gasteiger partial charge < -0.3 is 0 Å². The van der Waals surface area contributed by atoms with Gasteiger partial charge in [0.05, 0.1) is 4.90 Å². The van der Waals surface area contributed by atoms with Crippen LogP contribution in [0.25, 0.3) is 0 Å². The Morgan fingerprint density at radius 2 is 1.80 bits per heavy atom. The summed E-state index contributed by atoms with van der Waals surface area (Å²) in [6.45, 7) is 1.56. The Morgan fingerprint density at radius 1 is 1.20 bits per heavy atom. The Balaban J connectivity index is 2.34. The minimum absolute atomic E-state index is 0.0681. The molecule has 0 N–H and O–H groups in total. The zero-order valence-corrected chi connectivity index (χ0v) is 12.3. The van der Waals surface area contributed by atoms with Gasteiger partial charge in [-0.05, 0) is 30.7 Å². The highest BCUT2D eigenvalue weighted by molar-refractivity contribution is 7.89. The van der Waals surface area contributed by atoms with Crippen LogP contribution in [0.3, 0.4) is 0 Å². The molecule has 0 aliphatic carbocycles. The van der Waals surface area contributed by atoms with E-state index in [2.05, 4.69) is 0 Å². The molecule has 1 aromatic carbocycles. The van der Waals surface area contributed by atoms with Gasteiger partial charge in [0.15, 0.2) is 0 Å². The number of hydrogen-bond acceptors (Lipinski definition) is 4. The van der Waals surface area contributed by atoms with Gasteiger partial charge in [0.25, 0.3) is 15.9 Å². The zero-order valence-electron chi connectivity index (χ0n) is 10.7. The Hall–Kier alpha value is -1.60. The Labute approximate surface area is 122 Å². The molecule has 1 aliphatic heterocycles. The third kappa shape index (κ3) is 2.51. The van der Waals surface area contributed by atoms with Gasteiger partial charge in [0.2, 0.25) is 0 Å². The number of carbonyl (C=O) groups is 2. The lowest BCUT2D eigenvalue weighted by Gasteiger charge is -2.16. The molecule has 0 unspecified atom stereocenters. The van der Waals surface area contributed by atoms with E-state index in [1.54, 1.807) is 6.92 Å². The number of rotatable bonds is 4. The van der Waals surface area contributed by atoms with E-state index in [4.69, 9.17) is 11.6 Å². The van der Waals surface area contributed by atoms with Crippen molar-refractivity contribution in [1.29, 1.82) is 0 Å². The lowest BCUT2D eigenvalue weighted by Crippen LogP contribution is -2.36. The molecule has 3 amide bonds. The van der Waals surface area contributed by atoms with E-state index >= 15 is 0 Å². The number of amides is 3. The highest BCUT2D eigenvalue weighted by Crippen LogP contribution is 2.23. The normalized spacial score (nSPS) is 16.1. The van der Waals surface area contributed by atoms with Crippen LogP contribution in [0.15, 0.2) is 29.2 Å².